The van der Waals surface area contributed by atoms with Gasteiger partial charge in [0, 0.05) is 6.54 Å². The van der Waals surface area contributed by atoms with Gasteiger partial charge < -0.3 is 10.4 Å². The Morgan fingerprint density at radius 2 is 2.29 bits per heavy atom. The fourth-order valence-corrected chi connectivity index (χ4v) is 1.16. The van der Waals surface area contributed by atoms with Crippen molar-refractivity contribution < 1.29 is 14.3 Å². The van der Waals surface area contributed by atoms with E-state index in [1.807, 2.05) is 0 Å². The van der Waals surface area contributed by atoms with Crippen LogP contribution in [0.5, 0.6) is 0 Å². The largest absolute Gasteiger partial charge is 0.395 e. The molecule has 0 aliphatic heterocycles. The second-order valence-corrected chi connectivity index (χ2v) is 2.96. The molecule has 1 rings (SSSR count). The number of aliphatic hydroxyl groups is 1. The van der Waals surface area contributed by atoms with Crippen LogP contribution in [0.4, 0.5) is 4.39 Å². The molecule has 2 N–H and O–H groups in total. The van der Waals surface area contributed by atoms with Gasteiger partial charge in [0.1, 0.15) is 5.82 Å². The maximum Gasteiger partial charge on any atom is 0.252 e. The molecule has 0 atom stereocenters. The lowest BCUT2D eigenvalue weighted by atomic mass is 10.2. The first kappa shape index (κ1) is 10.9. The van der Waals surface area contributed by atoms with Crippen molar-refractivity contribution in [3.05, 3.63) is 34.6 Å². The second-order valence-electron chi connectivity index (χ2n) is 2.58. The molecule has 1 amide bonds. The van der Waals surface area contributed by atoms with Crippen molar-refractivity contribution in [1.82, 2.24) is 5.32 Å². The summed E-state index contributed by atoms with van der Waals surface area (Å²) < 4.78 is 12.9. The van der Waals surface area contributed by atoms with Gasteiger partial charge in [0.15, 0.2) is 0 Å². The van der Waals surface area contributed by atoms with Crippen LogP contribution in [-0.2, 0) is 0 Å². The Morgan fingerprint density at radius 1 is 1.57 bits per heavy atom. The number of amides is 1. The maximum atomic E-state index is 12.9. The molecule has 1 aromatic rings. The van der Waals surface area contributed by atoms with Crippen molar-refractivity contribution >= 4 is 17.5 Å². The van der Waals surface area contributed by atoms with Crippen LogP contribution in [0, 0.1) is 5.82 Å². The number of hydrogen-bond donors (Lipinski definition) is 2. The molecule has 76 valence electrons. The van der Waals surface area contributed by atoms with E-state index in [9.17, 15) is 9.18 Å². The molecule has 0 aliphatic rings. The van der Waals surface area contributed by atoms with Gasteiger partial charge in [0.05, 0.1) is 17.2 Å². The van der Waals surface area contributed by atoms with E-state index >= 15 is 0 Å². The Labute approximate surface area is 85.5 Å². The van der Waals surface area contributed by atoms with E-state index in [0.717, 1.165) is 0 Å². The smallest absolute Gasteiger partial charge is 0.252 e. The van der Waals surface area contributed by atoms with E-state index in [1.165, 1.54) is 18.2 Å². The van der Waals surface area contributed by atoms with Crippen LogP contribution in [0.25, 0.3) is 0 Å². The van der Waals surface area contributed by atoms with Crippen molar-refractivity contribution in [2.75, 3.05) is 13.2 Å². The molecule has 0 heterocycles. The van der Waals surface area contributed by atoms with Crippen molar-refractivity contribution in [2.24, 2.45) is 0 Å². The van der Waals surface area contributed by atoms with E-state index in [2.05, 4.69) is 5.32 Å². The maximum absolute atomic E-state index is 12.9. The van der Waals surface area contributed by atoms with Crippen molar-refractivity contribution in [3.8, 4) is 0 Å². The minimum absolute atomic E-state index is 0.0696. The number of carbonyl (C=O) groups excluding carboxylic acids is 1. The summed E-state index contributed by atoms with van der Waals surface area (Å²) >= 11 is 5.57. The van der Waals surface area contributed by atoms with E-state index in [1.54, 1.807) is 0 Å². The monoisotopic (exact) mass is 217 g/mol. The van der Waals surface area contributed by atoms with Crippen molar-refractivity contribution in [2.45, 2.75) is 0 Å². The summed E-state index contributed by atoms with van der Waals surface area (Å²) in [6.07, 6.45) is 0. The van der Waals surface area contributed by atoms with Gasteiger partial charge in [-0.25, -0.2) is 4.39 Å². The molecular weight excluding hydrogens is 209 g/mol. The number of rotatable bonds is 3. The lowest BCUT2D eigenvalue weighted by Crippen LogP contribution is -2.26. The highest BCUT2D eigenvalue weighted by Gasteiger charge is 2.12. The summed E-state index contributed by atoms with van der Waals surface area (Å²) in [5.41, 5.74) is 0.0696. The van der Waals surface area contributed by atoms with E-state index < -0.39 is 11.7 Å². The summed E-state index contributed by atoms with van der Waals surface area (Å²) in [5, 5.41) is 10.6. The van der Waals surface area contributed by atoms with Gasteiger partial charge in [-0.2, -0.15) is 0 Å². The highest BCUT2D eigenvalue weighted by atomic mass is 35.5. The van der Waals surface area contributed by atoms with Crippen LogP contribution in [0.1, 0.15) is 10.4 Å². The molecular formula is C9H9ClFNO2. The van der Waals surface area contributed by atoms with E-state index in [0.29, 0.717) is 0 Å². The number of aliphatic hydroxyl groups excluding tert-OH is 1. The standard InChI is InChI=1S/C9H9ClFNO2/c10-8-6(2-1-3-7(8)11)9(14)12-4-5-13/h1-3,13H,4-5H2,(H,12,14). The Balaban J connectivity index is 2.84. The first-order valence-electron chi connectivity index (χ1n) is 4.00. The third-order valence-corrected chi connectivity index (χ3v) is 1.98. The number of carbonyl (C=O) groups is 1. The molecule has 0 saturated heterocycles. The Kier molecular flexibility index (Phi) is 3.85. The van der Waals surface area contributed by atoms with Crippen LogP contribution in [0.2, 0.25) is 5.02 Å². The van der Waals surface area contributed by atoms with Gasteiger partial charge in [-0.05, 0) is 12.1 Å². The fraction of sp³-hybridized carbons (Fsp3) is 0.222. The summed E-state index contributed by atoms with van der Waals surface area (Å²) in [6, 6.07) is 3.98. The zero-order chi connectivity index (χ0) is 10.6. The first-order valence-corrected chi connectivity index (χ1v) is 4.37. The van der Waals surface area contributed by atoms with Crippen LogP contribution < -0.4 is 5.32 Å². The molecule has 0 aliphatic carbocycles. The molecule has 0 bridgehead atoms. The topological polar surface area (TPSA) is 49.3 Å². The molecule has 0 saturated carbocycles. The van der Waals surface area contributed by atoms with Crippen molar-refractivity contribution in [1.29, 1.82) is 0 Å². The molecule has 0 aromatic heterocycles. The highest BCUT2D eigenvalue weighted by Crippen LogP contribution is 2.19. The highest BCUT2D eigenvalue weighted by molar-refractivity contribution is 6.34. The van der Waals surface area contributed by atoms with Gasteiger partial charge >= 0.3 is 0 Å². The van der Waals surface area contributed by atoms with Gasteiger partial charge in [0.25, 0.3) is 5.91 Å². The summed E-state index contributed by atoms with van der Waals surface area (Å²) in [6.45, 7) is -0.0512. The number of nitrogens with one attached hydrogen (secondary N) is 1. The Hall–Kier alpha value is -1.13. The van der Waals surface area contributed by atoms with E-state index in [-0.39, 0.29) is 23.7 Å². The average Bonchev–Trinajstić information content (AvgIpc) is 2.18. The van der Waals surface area contributed by atoms with Gasteiger partial charge in [-0.3, -0.25) is 4.79 Å². The van der Waals surface area contributed by atoms with Crippen molar-refractivity contribution in [3.63, 3.8) is 0 Å². The molecule has 3 nitrogen and oxygen atoms in total. The molecule has 0 spiro atoms. The van der Waals surface area contributed by atoms with Gasteiger partial charge in [-0.15, -0.1) is 0 Å². The van der Waals surface area contributed by atoms with Crippen LogP contribution in [0.3, 0.4) is 0 Å². The Morgan fingerprint density at radius 3 is 2.93 bits per heavy atom. The second kappa shape index (κ2) is 4.93. The minimum Gasteiger partial charge on any atom is -0.395 e. The third kappa shape index (κ3) is 2.43. The van der Waals surface area contributed by atoms with Gasteiger partial charge in [-0.1, -0.05) is 17.7 Å². The SMILES string of the molecule is O=C(NCCO)c1cccc(F)c1Cl. The molecule has 0 fully saturated rings. The number of halogens is 2. The lowest BCUT2D eigenvalue weighted by molar-refractivity contribution is 0.0944. The quantitative estimate of drug-likeness (QED) is 0.800. The van der Waals surface area contributed by atoms with Gasteiger partial charge in [0.2, 0.25) is 0 Å². The number of benzene rings is 1. The predicted octanol–water partition coefficient (Wildman–Crippen LogP) is 1.20. The summed E-state index contributed by atoms with van der Waals surface area (Å²) in [7, 11) is 0. The third-order valence-electron chi connectivity index (χ3n) is 1.59. The fourth-order valence-electron chi connectivity index (χ4n) is 0.944. The lowest BCUT2D eigenvalue weighted by Gasteiger charge is -2.05. The van der Waals surface area contributed by atoms with Crippen LogP contribution >= 0.6 is 11.6 Å². The summed E-state index contributed by atoms with van der Waals surface area (Å²) in [5.74, 6) is -1.13. The van der Waals surface area contributed by atoms with E-state index in [4.69, 9.17) is 16.7 Å². The van der Waals surface area contributed by atoms with Crippen LogP contribution in [0.15, 0.2) is 18.2 Å². The predicted molar refractivity (Wildman–Crippen MR) is 50.8 cm³/mol. The normalized spacial score (nSPS) is 9.93. The molecule has 0 unspecified atom stereocenters. The zero-order valence-electron chi connectivity index (χ0n) is 7.26. The molecule has 14 heavy (non-hydrogen) atoms. The zero-order valence-corrected chi connectivity index (χ0v) is 8.01. The minimum atomic E-state index is -0.636. The van der Waals surface area contributed by atoms with Crippen LogP contribution in [-0.4, -0.2) is 24.2 Å². The summed E-state index contributed by atoms with van der Waals surface area (Å²) in [4.78, 5) is 11.3. The number of hydrogen-bond acceptors (Lipinski definition) is 2. The molecule has 1 aromatic carbocycles. The molecule has 5 heteroatoms. The average molecular weight is 218 g/mol. The molecule has 0 radical (unpaired) electrons. The first-order chi connectivity index (χ1) is 6.66. The Bertz CT molecular complexity index is 344.